The Bertz CT molecular complexity index is 456. The zero-order chi connectivity index (χ0) is 14.5. The van der Waals surface area contributed by atoms with Crippen LogP contribution in [0.4, 0.5) is 0 Å². The molecule has 3 heteroatoms. The van der Waals surface area contributed by atoms with Gasteiger partial charge in [0.1, 0.15) is 0 Å². The Morgan fingerprint density at radius 2 is 2.00 bits per heavy atom. The molecule has 1 aliphatic rings. The van der Waals surface area contributed by atoms with E-state index < -0.39 is 0 Å². The first-order valence-corrected chi connectivity index (χ1v) is 7.70. The Hall–Kier alpha value is -1.35. The van der Waals surface area contributed by atoms with Crippen molar-refractivity contribution in [2.45, 2.75) is 52.1 Å². The molecular weight excluding hydrogens is 248 g/mol. The second-order valence-electron chi connectivity index (χ2n) is 6.20. The highest BCUT2D eigenvalue weighted by Crippen LogP contribution is 2.30. The quantitative estimate of drug-likeness (QED) is 0.867. The van der Waals surface area contributed by atoms with Gasteiger partial charge in [0.05, 0.1) is 0 Å². The second kappa shape index (κ2) is 6.89. The van der Waals surface area contributed by atoms with E-state index in [0.29, 0.717) is 17.5 Å². The first kappa shape index (κ1) is 15.0. The summed E-state index contributed by atoms with van der Waals surface area (Å²) in [6.45, 7) is 5.34. The highest BCUT2D eigenvalue weighted by molar-refractivity contribution is 5.94. The lowest BCUT2D eigenvalue weighted by Crippen LogP contribution is -2.40. The standard InChI is InChI=1S/C17H26N2O/c1-12(2)14-8-5-6-10-16(14)19-11-13-7-3-4-9-15(13)17(18)20/h3-4,7,9,12,14,16,19H,5-6,8,10-11H2,1-2H3,(H2,18,20). The molecule has 3 nitrogen and oxygen atoms in total. The van der Waals surface area contributed by atoms with E-state index in [0.717, 1.165) is 18.0 Å². The van der Waals surface area contributed by atoms with Crippen molar-refractivity contribution in [3.63, 3.8) is 0 Å². The molecule has 2 atom stereocenters. The minimum atomic E-state index is -0.341. The van der Waals surface area contributed by atoms with E-state index in [1.54, 1.807) is 6.07 Å². The van der Waals surface area contributed by atoms with Gasteiger partial charge in [0.2, 0.25) is 5.91 Å². The van der Waals surface area contributed by atoms with Crippen molar-refractivity contribution in [3.8, 4) is 0 Å². The number of hydrogen-bond acceptors (Lipinski definition) is 2. The van der Waals surface area contributed by atoms with Gasteiger partial charge < -0.3 is 11.1 Å². The van der Waals surface area contributed by atoms with Gasteiger partial charge in [-0.2, -0.15) is 0 Å². The Morgan fingerprint density at radius 1 is 1.30 bits per heavy atom. The maximum Gasteiger partial charge on any atom is 0.249 e. The van der Waals surface area contributed by atoms with E-state index in [1.807, 2.05) is 18.2 Å². The molecule has 0 radical (unpaired) electrons. The molecule has 3 N–H and O–H groups in total. The molecular formula is C17H26N2O. The third-order valence-corrected chi connectivity index (χ3v) is 4.51. The zero-order valence-corrected chi connectivity index (χ0v) is 12.6. The molecule has 1 aromatic rings. The van der Waals surface area contributed by atoms with Crippen LogP contribution in [-0.4, -0.2) is 11.9 Å². The molecule has 110 valence electrons. The van der Waals surface area contributed by atoms with Crippen LogP contribution < -0.4 is 11.1 Å². The number of hydrogen-bond donors (Lipinski definition) is 2. The van der Waals surface area contributed by atoms with Gasteiger partial charge in [-0.15, -0.1) is 0 Å². The molecule has 0 saturated heterocycles. The van der Waals surface area contributed by atoms with E-state index in [4.69, 9.17) is 5.73 Å². The number of rotatable bonds is 5. The monoisotopic (exact) mass is 274 g/mol. The summed E-state index contributed by atoms with van der Waals surface area (Å²) in [6.07, 6.45) is 5.20. The highest BCUT2D eigenvalue weighted by Gasteiger charge is 2.27. The van der Waals surface area contributed by atoms with Crippen LogP contribution in [0.3, 0.4) is 0 Å². The smallest absolute Gasteiger partial charge is 0.249 e. The van der Waals surface area contributed by atoms with Crippen LogP contribution in [0.5, 0.6) is 0 Å². The molecule has 20 heavy (non-hydrogen) atoms. The average Bonchev–Trinajstić information content (AvgIpc) is 2.45. The molecule has 0 aliphatic heterocycles. The van der Waals surface area contributed by atoms with Gasteiger partial charge in [-0.3, -0.25) is 4.79 Å². The fourth-order valence-electron chi connectivity index (χ4n) is 3.37. The van der Waals surface area contributed by atoms with Gasteiger partial charge in [-0.1, -0.05) is 44.9 Å². The van der Waals surface area contributed by atoms with Gasteiger partial charge in [-0.05, 0) is 36.3 Å². The Kier molecular flexibility index (Phi) is 5.18. The van der Waals surface area contributed by atoms with E-state index in [2.05, 4.69) is 19.2 Å². The van der Waals surface area contributed by atoms with Crippen LogP contribution in [0, 0.1) is 11.8 Å². The van der Waals surface area contributed by atoms with E-state index in [1.165, 1.54) is 25.7 Å². The first-order valence-electron chi connectivity index (χ1n) is 7.70. The molecule has 1 saturated carbocycles. The summed E-state index contributed by atoms with van der Waals surface area (Å²) in [7, 11) is 0. The number of nitrogens with two attached hydrogens (primary N) is 1. The largest absolute Gasteiger partial charge is 0.366 e. The van der Waals surface area contributed by atoms with Crippen LogP contribution in [0.1, 0.15) is 55.5 Å². The summed E-state index contributed by atoms with van der Waals surface area (Å²) >= 11 is 0. The Balaban J connectivity index is 2.02. The lowest BCUT2D eigenvalue weighted by atomic mass is 9.78. The van der Waals surface area contributed by atoms with Crippen molar-refractivity contribution in [3.05, 3.63) is 35.4 Å². The van der Waals surface area contributed by atoms with Crippen molar-refractivity contribution in [2.24, 2.45) is 17.6 Å². The minimum Gasteiger partial charge on any atom is -0.366 e. The van der Waals surface area contributed by atoms with Gasteiger partial charge in [0.25, 0.3) is 0 Å². The van der Waals surface area contributed by atoms with Crippen molar-refractivity contribution >= 4 is 5.91 Å². The summed E-state index contributed by atoms with van der Waals surface area (Å²) < 4.78 is 0. The van der Waals surface area contributed by atoms with E-state index in [-0.39, 0.29) is 5.91 Å². The summed E-state index contributed by atoms with van der Waals surface area (Å²) in [6, 6.07) is 8.18. The van der Waals surface area contributed by atoms with Gasteiger partial charge in [0, 0.05) is 18.2 Å². The van der Waals surface area contributed by atoms with Gasteiger partial charge in [-0.25, -0.2) is 0 Å². The van der Waals surface area contributed by atoms with Crippen molar-refractivity contribution in [1.82, 2.24) is 5.32 Å². The first-order chi connectivity index (χ1) is 9.59. The minimum absolute atomic E-state index is 0.341. The molecule has 2 rings (SSSR count). The number of carbonyl (C=O) groups excluding carboxylic acids is 1. The summed E-state index contributed by atoms with van der Waals surface area (Å²) in [5.74, 6) is 1.11. The van der Waals surface area contributed by atoms with E-state index in [9.17, 15) is 4.79 Å². The third-order valence-electron chi connectivity index (χ3n) is 4.51. The molecule has 2 unspecified atom stereocenters. The van der Waals surface area contributed by atoms with Crippen LogP contribution in [0.2, 0.25) is 0 Å². The molecule has 1 amide bonds. The number of nitrogens with one attached hydrogen (secondary N) is 1. The summed E-state index contributed by atoms with van der Waals surface area (Å²) in [5.41, 5.74) is 7.08. The molecule has 0 bridgehead atoms. The highest BCUT2D eigenvalue weighted by atomic mass is 16.1. The Morgan fingerprint density at radius 3 is 2.70 bits per heavy atom. The van der Waals surface area contributed by atoms with Crippen LogP contribution >= 0.6 is 0 Å². The summed E-state index contributed by atoms with van der Waals surface area (Å²) in [5, 5.41) is 3.66. The molecule has 0 heterocycles. The van der Waals surface area contributed by atoms with Crippen molar-refractivity contribution in [1.29, 1.82) is 0 Å². The second-order valence-corrected chi connectivity index (χ2v) is 6.20. The molecule has 1 fully saturated rings. The van der Waals surface area contributed by atoms with Gasteiger partial charge in [0.15, 0.2) is 0 Å². The average molecular weight is 274 g/mol. The lowest BCUT2D eigenvalue weighted by Gasteiger charge is -2.35. The summed E-state index contributed by atoms with van der Waals surface area (Å²) in [4.78, 5) is 11.4. The number of benzene rings is 1. The molecule has 0 aromatic heterocycles. The molecule has 0 spiro atoms. The van der Waals surface area contributed by atoms with Crippen LogP contribution in [0.15, 0.2) is 24.3 Å². The van der Waals surface area contributed by atoms with Crippen molar-refractivity contribution < 1.29 is 4.79 Å². The topological polar surface area (TPSA) is 55.1 Å². The van der Waals surface area contributed by atoms with E-state index >= 15 is 0 Å². The number of carbonyl (C=O) groups is 1. The maximum atomic E-state index is 11.4. The van der Waals surface area contributed by atoms with Crippen LogP contribution in [0.25, 0.3) is 0 Å². The SMILES string of the molecule is CC(C)C1CCCCC1NCc1ccccc1C(N)=O. The fourth-order valence-corrected chi connectivity index (χ4v) is 3.37. The molecule has 1 aliphatic carbocycles. The van der Waals surface area contributed by atoms with Gasteiger partial charge >= 0.3 is 0 Å². The van der Waals surface area contributed by atoms with Crippen molar-refractivity contribution in [2.75, 3.05) is 0 Å². The maximum absolute atomic E-state index is 11.4. The Labute approximate surface area is 121 Å². The fraction of sp³-hybridized carbons (Fsp3) is 0.588. The predicted molar refractivity (Wildman–Crippen MR) is 82.4 cm³/mol. The number of amides is 1. The molecule has 1 aromatic carbocycles. The van der Waals surface area contributed by atoms with Crippen LogP contribution in [-0.2, 0) is 6.54 Å². The predicted octanol–water partition coefficient (Wildman–Crippen LogP) is 3.09. The third kappa shape index (κ3) is 3.60. The zero-order valence-electron chi connectivity index (χ0n) is 12.6. The number of primary amides is 1. The lowest BCUT2D eigenvalue weighted by molar-refractivity contribution is 0.0999. The normalized spacial score (nSPS) is 22.9.